The third-order valence-corrected chi connectivity index (χ3v) is 2.46. The molecule has 2 aromatic heterocycles. The van der Waals surface area contributed by atoms with Crippen molar-refractivity contribution < 1.29 is 19.1 Å². The Kier molecular flexibility index (Phi) is 3.37. The van der Waals surface area contributed by atoms with Crippen LogP contribution in [0.2, 0.25) is 0 Å². The van der Waals surface area contributed by atoms with Crippen molar-refractivity contribution in [1.82, 2.24) is 14.7 Å². The van der Waals surface area contributed by atoms with Gasteiger partial charge in [-0.2, -0.15) is 5.10 Å². The first-order valence-electron chi connectivity index (χ1n) is 5.54. The maximum absolute atomic E-state index is 11.7. The van der Waals surface area contributed by atoms with Crippen molar-refractivity contribution in [2.75, 3.05) is 14.1 Å². The van der Waals surface area contributed by atoms with Gasteiger partial charge in [-0.3, -0.25) is 9.48 Å². The Hall–Kier alpha value is -2.57. The van der Waals surface area contributed by atoms with Crippen LogP contribution in [0.3, 0.4) is 0 Å². The lowest BCUT2D eigenvalue weighted by atomic mass is 10.4. The number of aromatic nitrogens is 2. The second kappa shape index (κ2) is 4.97. The Balaban J connectivity index is 2.11. The first-order chi connectivity index (χ1) is 8.97. The van der Waals surface area contributed by atoms with Crippen LogP contribution in [0.4, 0.5) is 0 Å². The topological polar surface area (TPSA) is 88.6 Å². The van der Waals surface area contributed by atoms with Crippen molar-refractivity contribution in [1.29, 1.82) is 0 Å². The third-order valence-electron chi connectivity index (χ3n) is 2.46. The molecule has 0 fully saturated rings. The number of rotatable bonds is 4. The number of carbonyl (C=O) groups excluding carboxylic acids is 1. The van der Waals surface area contributed by atoms with Crippen LogP contribution in [0, 0.1) is 0 Å². The second-order valence-electron chi connectivity index (χ2n) is 4.17. The molecule has 0 aromatic carbocycles. The average Bonchev–Trinajstić information content (AvgIpc) is 2.97. The van der Waals surface area contributed by atoms with Gasteiger partial charge in [0.05, 0.1) is 6.54 Å². The van der Waals surface area contributed by atoms with Crippen LogP contribution >= 0.6 is 0 Å². The van der Waals surface area contributed by atoms with Crippen molar-refractivity contribution >= 4 is 11.9 Å². The van der Waals surface area contributed by atoms with E-state index in [4.69, 9.17) is 9.52 Å². The molecule has 0 aliphatic rings. The van der Waals surface area contributed by atoms with Gasteiger partial charge in [0.2, 0.25) is 5.76 Å². The first kappa shape index (κ1) is 12.9. The Bertz CT molecular complexity index is 612. The van der Waals surface area contributed by atoms with Gasteiger partial charge >= 0.3 is 5.97 Å². The van der Waals surface area contributed by atoms with E-state index < -0.39 is 5.97 Å². The summed E-state index contributed by atoms with van der Waals surface area (Å²) in [6, 6.07) is 4.55. The highest BCUT2D eigenvalue weighted by atomic mass is 16.4. The maximum atomic E-state index is 11.7. The molecule has 0 radical (unpaired) electrons. The van der Waals surface area contributed by atoms with Crippen LogP contribution in [0.5, 0.6) is 0 Å². The second-order valence-corrected chi connectivity index (χ2v) is 4.17. The van der Waals surface area contributed by atoms with Gasteiger partial charge in [-0.05, 0) is 18.2 Å². The monoisotopic (exact) mass is 263 g/mol. The Labute approximate surface area is 109 Å². The van der Waals surface area contributed by atoms with Gasteiger partial charge in [0, 0.05) is 20.3 Å². The van der Waals surface area contributed by atoms with E-state index in [1.54, 1.807) is 32.4 Å². The van der Waals surface area contributed by atoms with Crippen LogP contribution in [-0.2, 0) is 6.54 Å². The molecule has 1 N–H and O–H groups in total. The van der Waals surface area contributed by atoms with Gasteiger partial charge < -0.3 is 14.4 Å². The Morgan fingerprint density at radius 2 is 2.11 bits per heavy atom. The summed E-state index contributed by atoms with van der Waals surface area (Å²) in [5.74, 6) is -0.962. The minimum absolute atomic E-state index is 0.119. The minimum Gasteiger partial charge on any atom is -0.475 e. The van der Waals surface area contributed by atoms with Crippen LogP contribution in [0.25, 0.3) is 0 Å². The fourth-order valence-corrected chi connectivity index (χ4v) is 1.53. The maximum Gasteiger partial charge on any atom is 0.371 e. The summed E-state index contributed by atoms with van der Waals surface area (Å²) in [4.78, 5) is 23.8. The summed E-state index contributed by atoms with van der Waals surface area (Å²) >= 11 is 0. The van der Waals surface area contributed by atoms with E-state index in [0.717, 1.165) is 0 Å². The molecular weight excluding hydrogens is 250 g/mol. The standard InChI is InChI=1S/C12H13N3O4/c1-14(2)11(16)9-5-6-15(13-9)7-8-3-4-10(19-8)12(17)18/h3-6H,7H2,1-2H3,(H,17,18). The van der Waals surface area contributed by atoms with Gasteiger partial charge in [-0.15, -0.1) is 0 Å². The van der Waals surface area contributed by atoms with E-state index in [-0.39, 0.29) is 18.2 Å². The summed E-state index contributed by atoms with van der Waals surface area (Å²) in [7, 11) is 3.29. The Morgan fingerprint density at radius 1 is 1.37 bits per heavy atom. The van der Waals surface area contributed by atoms with Crippen molar-refractivity contribution in [3.8, 4) is 0 Å². The molecule has 2 heterocycles. The molecular formula is C12H13N3O4. The molecule has 19 heavy (non-hydrogen) atoms. The Morgan fingerprint density at radius 3 is 2.68 bits per heavy atom. The lowest BCUT2D eigenvalue weighted by Gasteiger charge is -2.06. The van der Waals surface area contributed by atoms with Crippen molar-refractivity contribution in [2.45, 2.75) is 6.54 Å². The molecule has 0 aliphatic heterocycles. The number of carboxylic acid groups (broad SMARTS) is 1. The third kappa shape index (κ3) is 2.82. The molecule has 7 heteroatoms. The number of carboxylic acids is 1. The smallest absolute Gasteiger partial charge is 0.371 e. The normalized spacial score (nSPS) is 10.4. The van der Waals surface area contributed by atoms with E-state index in [2.05, 4.69) is 5.10 Å². The highest BCUT2D eigenvalue weighted by molar-refractivity contribution is 5.91. The molecule has 0 aliphatic carbocycles. The van der Waals surface area contributed by atoms with Gasteiger partial charge in [0.15, 0.2) is 0 Å². The summed E-state index contributed by atoms with van der Waals surface area (Å²) in [5.41, 5.74) is 0.329. The van der Waals surface area contributed by atoms with E-state index in [1.165, 1.54) is 15.6 Å². The molecule has 0 atom stereocenters. The fourth-order valence-electron chi connectivity index (χ4n) is 1.53. The fraction of sp³-hybridized carbons (Fsp3) is 0.250. The molecule has 100 valence electrons. The van der Waals surface area contributed by atoms with Crippen LogP contribution < -0.4 is 0 Å². The summed E-state index contributed by atoms with van der Waals surface area (Å²) in [6.45, 7) is 0.272. The van der Waals surface area contributed by atoms with Gasteiger partial charge in [-0.1, -0.05) is 0 Å². The highest BCUT2D eigenvalue weighted by Gasteiger charge is 2.13. The lowest BCUT2D eigenvalue weighted by molar-refractivity contribution is 0.0660. The highest BCUT2D eigenvalue weighted by Crippen LogP contribution is 2.10. The van der Waals surface area contributed by atoms with Gasteiger partial charge in [-0.25, -0.2) is 4.79 Å². The van der Waals surface area contributed by atoms with Crippen molar-refractivity contribution in [2.24, 2.45) is 0 Å². The van der Waals surface area contributed by atoms with E-state index in [0.29, 0.717) is 11.5 Å². The summed E-state index contributed by atoms with van der Waals surface area (Å²) < 4.78 is 6.63. The number of hydrogen-bond donors (Lipinski definition) is 1. The molecule has 0 saturated carbocycles. The number of amides is 1. The summed E-state index contributed by atoms with van der Waals surface area (Å²) in [6.07, 6.45) is 1.64. The zero-order valence-electron chi connectivity index (χ0n) is 10.5. The van der Waals surface area contributed by atoms with Crippen LogP contribution in [-0.4, -0.2) is 45.8 Å². The first-order valence-corrected chi connectivity index (χ1v) is 5.54. The van der Waals surface area contributed by atoms with Crippen LogP contribution in [0.15, 0.2) is 28.8 Å². The van der Waals surface area contributed by atoms with E-state index in [1.807, 2.05) is 0 Å². The van der Waals surface area contributed by atoms with Gasteiger partial charge in [0.1, 0.15) is 11.5 Å². The number of nitrogens with zero attached hydrogens (tertiary/aromatic N) is 3. The van der Waals surface area contributed by atoms with E-state index in [9.17, 15) is 9.59 Å². The SMILES string of the molecule is CN(C)C(=O)c1ccn(Cc2ccc(C(=O)O)o2)n1. The molecule has 1 amide bonds. The zero-order chi connectivity index (χ0) is 14.0. The van der Waals surface area contributed by atoms with Gasteiger partial charge in [0.25, 0.3) is 5.91 Å². The average molecular weight is 263 g/mol. The molecule has 2 aromatic rings. The molecule has 0 bridgehead atoms. The van der Waals surface area contributed by atoms with E-state index >= 15 is 0 Å². The molecule has 0 unspecified atom stereocenters. The number of furan rings is 1. The quantitative estimate of drug-likeness (QED) is 0.886. The molecule has 2 rings (SSSR count). The van der Waals surface area contributed by atoms with Crippen LogP contribution in [0.1, 0.15) is 26.8 Å². The largest absolute Gasteiger partial charge is 0.475 e. The number of carbonyl (C=O) groups is 2. The predicted molar refractivity (Wildman–Crippen MR) is 65.0 cm³/mol. The van der Waals surface area contributed by atoms with Crippen molar-refractivity contribution in [3.63, 3.8) is 0 Å². The minimum atomic E-state index is -1.12. The van der Waals surface area contributed by atoms with Crippen molar-refractivity contribution in [3.05, 3.63) is 41.6 Å². The molecule has 7 nitrogen and oxygen atoms in total. The molecule has 0 spiro atoms. The predicted octanol–water partition coefficient (Wildman–Crippen LogP) is 0.924. The number of hydrogen-bond acceptors (Lipinski definition) is 4. The summed E-state index contributed by atoms with van der Waals surface area (Å²) in [5, 5.41) is 12.8. The zero-order valence-corrected chi connectivity index (χ0v) is 10.5. The number of aromatic carboxylic acids is 1. The lowest BCUT2D eigenvalue weighted by Crippen LogP contribution is -2.22. The molecule has 0 saturated heterocycles.